The molecule has 4 rings (SSSR count). The first kappa shape index (κ1) is 17.7. The predicted octanol–water partition coefficient (Wildman–Crippen LogP) is 2.57. The van der Waals surface area contributed by atoms with Gasteiger partial charge < -0.3 is 10.6 Å². The van der Waals surface area contributed by atoms with Crippen molar-refractivity contribution >= 4 is 33.3 Å². The number of carbonyl (C=O) groups is 1. The predicted molar refractivity (Wildman–Crippen MR) is 106 cm³/mol. The Bertz CT molecular complexity index is 810. The number of nitrogens with one attached hydrogen (secondary N) is 2. The zero-order chi connectivity index (χ0) is 18.1. The molecule has 140 valence electrons. The molecule has 0 aromatic carbocycles. The molecule has 1 saturated heterocycles. The van der Waals surface area contributed by atoms with E-state index in [0.717, 1.165) is 60.3 Å². The molecule has 2 N–H and O–H groups in total. The molecule has 0 unspecified atom stereocenters. The minimum absolute atomic E-state index is 0.0322. The molecular weight excluding hydrogens is 346 g/mol. The molecule has 2 aliphatic rings. The molecule has 6 nitrogen and oxygen atoms in total. The van der Waals surface area contributed by atoms with Gasteiger partial charge in [0, 0.05) is 11.9 Å². The van der Waals surface area contributed by atoms with E-state index in [-0.39, 0.29) is 12.5 Å². The maximum Gasteiger partial charge on any atom is 0.239 e. The van der Waals surface area contributed by atoms with Crippen LogP contribution >= 0.6 is 11.3 Å². The minimum atomic E-state index is -0.0322. The highest BCUT2D eigenvalue weighted by atomic mass is 32.1. The number of anilines is 1. The van der Waals surface area contributed by atoms with Crippen LogP contribution in [0.3, 0.4) is 0 Å². The highest BCUT2D eigenvalue weighted by Gasteiger charge is 2.23. The zero-order valence-corrected chi connectivity index (χ0v) is 16.4. The molecule has 2 aromatic heterocycles. The summed E-state index contributed by atoms with van der Waals surface area (Å²) in [7, 11) is 1.66. The van der Waals surface area contributed by atoms with Crippen molar-refractivity contribution in [3.8, 4) is 0 Å². The fraction of sp³-hybridized carbons (Fsp3) is 0.632. The number of thiophene rings is 1. The number of piperidine rings is 1. The lowest BCUT2D eigenvalue weighted by atomic mass is 9.99. The lowest BCUT2D eigenvalue weighted by Gasteiger charge is -2.29. The summed E-state index contributed by atoms with van der Waals surface area (Å²) in [5.41, 5.74) is 1.39. The molecule has 0 bridgehead atoms. The molecule has 26 heavy (non-hydrogen) atoms. The van der Waals surface area contributed by atoms with Crippen molar-refractivity contribution in [2.75, 3.05) is 32.0 Å². The number of fused-ring (bicyclic) bond motifs is 3. The number of likely N-dealkylation sites (N-methyl/N-ethyl adjacent to an activating group) is 1. The van der Waals surface area contributed by atoms with Crippen LogP contribution in [0.2, 0.25) is 0 Å². The summed E-state index contributed by atoms with van der Waals surface area (Å²) in [6.45, 7) is 5.59. The van der Waals surface area contributed by atoms with Crippen molar-refractivity contribution in [2.45, 2.75) is 45.6 Å². The number of hydrogen-bond donors (Lipinski definition) is 2. The van der Waals surface area contributed by atoms with Crippen molar-refractivity contribution in [3.05, 3.63) is 16.3 Å². The van der Waals surface area contributed by atoms with Gasteiger partial charge in [-0.3, -0.25) is 9.69 Å². The van der Waals surface area contributed by atoms with Crippen molar-refractivity contribution in [3.63, 3.8) is 0 Å². The standard InChI is InChI=1S/C19H27N5OS/c1-12-6-8-24(9-7-12)11-15-22-18(21-10-16(25)20-2)17-13-4-3-5-14(13)26-19(17)23-15/h12H,3-11H2,1-2H3,(H,20,25)(H,21,22,23). The topological polar surface area (TPSA) is 70.2 Å². The van der Waals surface area contributed by atoms with Crippen LogP contribution in [0.15, 0.2) is 0 Å². The highest BCUT2D eigenvalue weighted by molar-refractivity contribution is 7.19. The van der Waals surface area contributed by atoms with E-state index in [1.54, 1.807) is 18.4 Å². The maximum absolute atomic E-state index is 11.7. The summed E-state index contributed by atoms with van der Waals surface area (Å²) in [5, 5.41) is 7.07. The molecule has 0 radical (unpaired) electrons. The normalized spacial score (nSPS) is 18.2. The number of aryl methyl sites for hydroxylation is 2. The number of nitrogens with zero attached hydrogens (tertiary/aromatic N) is 3. The molecule has 2 aromatic rings. The average Bonchev–Trinajstić information content (AvgIpc) is 3.22. The van der Waals surface area contributed by atoms with E-state index >= 15 is 0 Å². The fourth-order valence-corrected chi connectivity index (χ4v) is 5.19. The van der Waals surface area contributed by atoms with E-state index in [1.165, 1.54) is 29.7 Å². The quantitative estimate of drug-likeness (QED) is 0.843. The highest BCUT2D eigenvalue weighted by Crippen LogP contribution is 2.39. The van der Waals surface area contributed by atoms with Crippen molar-refractivity contribution in [2.24, 2.45) is 5.92 Å². The number of amides is 1. The lowest BCUT2D eigenvalue weighted by Crippen LogP contribution is -2.33. The van der Waals surface area contributed by atoms with E-state index in [9.17, 15) is 4.79 Å². The second kappa shape index (κ2) is 7.48. The lowest BCUT2D eigenvalue weighted by molar-refractivity contribution is -0.118. The third kappa shape index (κ3) is 3.55. The first-order chi connectivity index (χ1) is 12.6. The first-order valence-corrected chi connectivity index (χ1v) is 10.4. The number of likely N-dealkylation sites (tertiary alicyclic amines) is 1. The van der Waals surface area contributed by atoms with Crippen molar-refractivity contribution < 1.29 is 4.79 Å². The van der Waals surface area contributed by atoms with Gasteiger partial charge in [-0.2, -0.15) is 0 Å². The number of carbonyl (C=O) groups excluding carboxylic acids is 1. The van der Waals surface area contributed by atoms with Crippen LogP contribution in [0.25, 0.3) is 10.2 Å². The molecule has 3 heterocycles. The zero-order valence-electron chi connectivity index (χ0n) is 15.6. The third-order valence-electron chi connectivity index (χ3n) is 5.55. The van der Waals surface area contributed by atoms with Crippen LogP contribution in [0.1, 0.15) is 42.5 Å². The van der Waals surface area contributed by atoms with E-state index in [0.29, 0.717) is 0 Å². The van der Waals surface area contributed by atoms with E-state index in [2.05, 4.69) is 22.5 Å². The molecule has 7 heteroatoms. The number of rotatable bonds is 5. The molecule has 1 amide bonds. The van der Waals surface area contributed by atoms with Crippen LogP contribution < -0.4 is 10.6 Å². The van der Waals surface area contributed by atoms with E-state index in [4.69, 9.17) is 9.97 Å². The van der Waals surface area contributed by atoms with Crippen LogP contribution in [-0.2, 0) is 24.2 Å². The van der Waals surface area contributed by atoms with E-state index < -0.39 is 0 Å². The van der Waals surface area contributed by atoms with Crippen LogP contribution in [-0.4, -0.2) is 47.5 Å². The van der Waals surface area contributed by atoms with Gasteiger partial charge in [0.2, 0.25) is 5.91 Å². The molecule has 0 atom stereocenters. The van der Waals surface area contributed by atoms with Gasteiger partial charge in [-0.05, 0) is 56.7 Å². The Hall–Kier alpha value is -1.73. The van der Waals surface area contributed by atoms with Crippen LogP contribution in [0.4, 0.5) is 5.82 Å². The largest absolute Gasteiger partial charge is 0.360 e. The van der Waals surface area contributed by atoms with Gasteiger partial charge in [0.25, 0.3) is 0 Å². The second-order valence-electron chi connectivity index (χ2n) is 7.51. The number of hydrogen-bond acceptors (Lipinski definition) is 6. The fourth-order valence-electron chi connectivity index (χ4n) is 3.91. The summed E-state index contributed by atoms with van der Waals surface area (Å²) in [4.78, 5) is 26.4. The molecule has 1 aliphatic carbocycles. The van der Waals surface area contributed by atoms with Gasteiger partial charge >= 0.3 is 0 Å². The Labute approximate surface area is 158 Å². The molecule has 1 aliphatic heterocycles. The first-order valence-electron chi connectivity index (χ1n) is 9.62. The molecular formula is C19H27N5OS. The smallest absolute Gasteiger partial charge is 0.239 e. The van der Waals surface area contributed by atoms with Gasteiger partial charge in [-0.25, -0.2) is 9.97 Å². The SMILES string of the molecule is CNC(=O)CNc1nc(CN2CCC(C)CC2)nc2sc3c(c12)CCC3. The third-order valence-corrected chi connectivity index (χ3v) is 6.73. The maximum atomic E-state index is 11.7. The summed E-state index contributed by atoms with van der Waals surface area (Å²) in [6, 6.07) is 0. The van der Waals surface area contributed by atoms with Crippen molar-refractivity contribution in [1.29, 1.82) is 0 Å². The second-order valence-corrected chi connectivity index (χ2v) is 8.59. The summed E-state index contributed by atoms with van der Waals surface area (Å²) < 4.78 is 0. The van der Waals surface area contributed by atoms with Crippen LogP contribution in [0, 0.1) is 5.92 Å². The Morgan fingerprint density at radius 2 is 2.08 bits per heavy atom. The minimum Gasteiger partial charge on any atom is -0.360 e. The Morgan fingerprint density at radius 3 is 2.85 bits per heavy atom. The molecule has 0 spiro atoms. The average molecular weight is 374 g/mol. The Morgan fingerprint density at radius 1 is 1.27 bits per heavy atom. The van der Waals surface area contributed by atoms with Crippen molar-refractivity contribution in [1.82, 2.24) is 20.2 Å². The number of aromatic nitrogens is 2. The van der Waals surface area contributed by atoms with E-state index in [1.807, 2.05) is 0 Å². The Kier molecular flexibility index (Phi) is 5.09. The summed E-state index contributed by atoms with van der Waals surface area (Å²) >= 11 is 1.81. The summed E-state index contributed by atoms with van der Waals surface area (Å²) in [6.07, 6.45) is 5.94. The van der Waals surface area contributed by atoms with Crippen LogP contribution in [0.5, 0.6) is 0 Å². The summed E-state index contributed by atoms with van der Waals surface area (Å²) in [5.74, 6) is 2.49. The van der Waals surface area contributed by atoms with Gasteiger partial charge in [0.1, 0.15) is 16.5 Å². The van der Waals surface area contributed by atoms with Gasteiger partial charge in [0.15, 0.2) is 0 Å². The van der Waals surface area contributed by atoms with Gasteiger partial charge in [-0.15, -0.1) is 11.3 Å². The Balaban J connectivity index is 1.63. The monoisotopic (exact) mass is 373 g/mol. The van der Waals surface area contributed by atoms with Gasteiger partial charge in [0.05, 0.1) is 18.5 Å². The molecule has 0 saturated carbocycles. The van der Waals surface area contributed by atoms with Gasteiger partial charge in [-0.1, -0.05) is 6.92 Å². The molecule has 1 fully saturated rings.